The number of hydrogen-bond donors (Lipinski definition) is 1. The molecule has 3 nitrogen and oxygen atoms in total. The van der Waals surface area contributed by atoms with E-state index < -0.39 is 0 Å². The van der Waals surface area contributed by atoms with Gasteiger partial charge in [-0.25, -0.2) is 0 Å². The van der Waals surface area contributed by atoms with Crippen molar-refractivity contribution in [2.75, 3.05) is 19.6 Å². The highest BCUT2D eigenvalue weighted by atomic mass is 16.2. The maximum Gasteiger partial charge on any atom is 0.226 e. The summed E-state index contributed by atoms with van der Waals surface area (Å²) in [4.78, 5) is 14.5. The van der Waals surface area contributed by atoms with Gasteiger partial charge in [-0.1, -0.05) is 41.0 Å². The maximum atomic E-state index is 12.5. The SMILES string of the molecule is CCC(C)CN(CC)C(=O)C(CN)CC(C)(C)C. The van der Waals surface area contributed by atoms with Gasteiger partial charge in [-0.2, -0.15) is 0 Å². The van der Waals surface area contributed by atoms with Crippen molar-refractivity contribution < 1.29 is 4.79 Å². The molecule has 0 saturated carbocycles. The summed E-state index contributed by atoms with van der Waals surface area (Å²) < 4.78 is 0. The second-order valence-corrected chi connectivity index (χ2v) is 6.59. The summed E-state index contributed by atoms with van der Waals surface area (Å²) >= 11 is 0. The molecule has 0 aromatic rings. The molecule has 2 unspecified atom stereocenters. The zero-order valence-corrected chi connectivity index (χ0v) is 13.1. The van der Waals surface area contributed by atoms with Crippen LogP contribution >= 0.6 is 0 Å². The molecule has 0 heterocycles. The van der Waals surface area contributed by atoms with E-state index in [2.05, 4.69) is 34.6 Å². The fraction of sp³-hybridized carbons (Fsp3) is 0.933. The fourth-order valence-corrected chi connectivity index (χ4v) is 2.15. The van der Waals surface area contributed by atoms with E-state index in [0.29, 0.717) is 12.5 Å². The first kappa shape index (κ1) is 17.4. The Kier molecular flexibility index (Phi) is 7.53. The first-order chi connectivity index (χ1) is 8.25. The van der Waals surface area contributed by atoms with Crippen LogP contribution in [0.4, 0.5) is 0 Å². The van der Waals surface area contributed by atoms with Crippen molar-refractivity contribution in [2.24, 2.45) is 23.0 Å². The zero-order valence-electron chi connectivity index (χ0n) is 13.1. The normalized spacial score (nSPS) is 15.3. The molecule has 0 aliphatic carbocycles. The van der Waals surface area contributed by atoms with Gasteiger partial charge in [-0.05, 0) is 24.7 Å². The number of amides is 1. The van der Waals surface area contributed by atoms with Crippen LogP contribution in [0.3, 0.4) is 0 Å². The Morgan fingerprint density at radius 2 is 1.83 bits per heavy atom. The van der Waals surface area contributed by atoms with Crippen LogP contribution in [0.1, 0.15) is 54.4 Å². The highest BCUT2D eigenvalue weighted by molar-refractivity contribution is 5.79. The molecule has 0 saturated heterocycles. The highest BCUT2D eigenvalue weighted by Gasteiger charge is 2.27. The number of hydrogen-bond acceptors (Lipinski definition) is 2. The quantitative estimate of drug-likeness (QED) is 0.761. The van der Waals surface area contributed by atoms with Crippen molar-refractivity contribution >= 4 is 5.91 Å². The first-order valence-electron chi connectivity index (χ1n) is 7.24. The van der Waals surface area contributed by atoms with Crippen LogP contribution in [0, 0.1) is 17.3 Å². The molecule has 0 fully saturated rings. The molecule has 0 radical (unpaired) electrons. The molecular weight excluding hydrogens is 224 g/mol. The molecule has 0 aliphatic rings. The predicted molar refractivity (Wildman–Crippen MR) is 78.3 cm³/mol. The van der Waals surface area contributed by atoms with E-state index in [0.717, 1.165) is 25.9 Å². The summed E-state index contributed by atoms with van der Waals surface area (Å²) in [5.41, 5.74) is 5.94. The Hall–Kier alpha value is -0.570. The van der Waals surface area contributed by atoms with Gasteiger partial charge < -0.3 is 10.6 Å². The summed E-state index contributed by atoms with van der Waals surface area (Å²) in [6, 6.07) is 0. The van der Waals surface area contributed by atoms with E-state index in [9.17, 15) is 4.79 Å². The Balaban J connectivity index is 4.63. The van der Waals surface area contributed by atoms with Gasteiger partial charge in [-0.15, -0.1) is 0 Å². The smallest absolute Gasteiger partial charge is 0.226 e. The molecular formula is C15H32N2O. The van der Waals surface area contributed by atoms with Crippen LogP contribution in [0.5, 0.6) is 0 Å². The Morgan fingerprint density at radius 1 is 1.28 bits per heavy atom. The highest BCUT2D eigenvalue weighted by Crippen LogP contribution is 2.25. The van der Waals surface area contributed by atoms with Crippen molar-refractivity contribution in [3.63, 3.8) is 0 Å². The minimum absolute atomic E-state index is 0.0333. The summed E-state index contributed by atoms with van der Waals surface area (Å²) in [7, 11) is 0. The lowest BCUT2D eigenvalue weighted by atomic mass is 9.84. The van der Waals surface area contributed by atoms with E-state index in [4.69, 9.17) is 5.73 Å². The Bertz CT molecular complexity index is 245. The summed E-state index contributed by atoms with van der Waals surface area (Å²) in [6.07, 6.45) is 1.97. The lowest BCUT2D eigenvalue weighted by Crippen LogP contribution is -2.42. The molecule has 0 aromatic carbocycles. The minimum atomic E-state index is -0.0333. The van der Waals surface area contributed by atoms with Crippen molar-refractivity contribution in [1.29, 1.82) is 0 Å². The van der Waals surface area contributed by atoms with Crippen molar-refractivity contribution in [3.05, 3.63) is 0 Å². The summed E-state index contributed by atoms with van der Waals surface area (Å²) in [6.45, 7) is 15.0. The molecule has 3 heteroatoms. The average molecular weight is 256 g/mol. The summed E-state index contributed by atoms with van der Waals surface area (Å²) in [5.74, 6) is 0.756. The average Bonchev–Trinajstić information content (AvgIpc) is 2.30. The molecule has 0 rings (SSSR count). The number of carbonyl (C=O) groups excluding carboxylic acids is 1. The van der Waals surface area contributed by atoms with Crippen LogP contribution in [-0.2, 0) is 4.79 Å². The lowest BCUT2D eigenvalue weighted by molar-refractivity contribution is -0.136. The lowest BCUT2D eigenvalue weighted by Gasteiger charge is -2.31. The van der Waals surface area contributed by atoms with Crippen LogP contribution < -0.4 is 5.73 Å². The van der Waals surface area contributed by atoms with Crippen LogP contribution in [0.15, 0.2) is 0 Å². The van der Waals surface area contributed by atoms with Gasteiger partial charge in [0, 0.05) is 19.6 Å². The molecule has 2 N–H and O–H groups in total. The van der Waals surface area contributed by atoms with E-state index in [1.807, 2.05) is 11.8 Å². The third kappa shape index (κ3) is 6.39. The van der Waals surface area contributed by atoms with Gasteiger partial charge in [0.1, 0.15) is 0 Å². The Morgan fingerprint density at radius 3 is 2.17 bits per heavy atom. The van der Waals surface area contributed by atoms with Gasteiger partial charge in [0.05, 0.1) is 5.92 Å². The number of nitrogens with zero attached hydrogens (tertiary/aromatic N) is 1. The van der Waals surface area contributed by atoms with E-state index in [1.54, 1.807) is 0 Å². The van der Waals surface area contributed by atoms with E-state index in [-0.39, 0.29) is 17.2 Å². The molecule has 1 amide bonds. The standard InChI is InChI=1S/C15H32N2O/c1-7-12(3)11-17(8-2)14(18)13(10-16)9-15(4,5)6/h12-13H,7-11,16H2,1-6H3. The van der Waals surface area contributed by atoms with Gasteiger partial charge in [0.15, 0.2) is 0 Å². The first-order valence-corrected chi connectivity index (χ1v) is 7.24. The van der Waals surface area contributed by atoms with Crippen LogP contribution in [0.25, 0.3) is 0 Å². The fourth-order valence-electron chi connectivity index (χ4n) is 2.15. The van der Waals surface area contributed by atoms with Crippen LogP contribution in [0.2, 0.25) is 0 Å². The molecule has 0 aliphatic heterocycles. The molecule has 108 valence electrons. The van der Waals surface area contributed by atoms with Crippen molar-refractivity contribution in [3.8, 4) is 0 Å². The van der Waals surface area contributed by atoms with E-state index >= 15 is 0 Å². The van der Waals surface area contributed by atoms with Crippen molar-refractivity contribution in [1.82, 2.24) is 4.90 Å². The number of nitrogens with two attached hydrogens (primary N) is 1. The molecule has 18 heavy (non-hydrogen) atoms. The third-order valence-corrected chi connectivity index (χ3v) is 3.41. The molecule has 0 bridgehead atoms. The predicted octanol–water partition coefficient (Wildman–Crippen LogP) is 2.89. The van der Waals surface area contributed by atoms with Crippen molar-refractivity contribution in [2.45, 2.75) is 54.4 Å². The minimum Gasteiger partial charge on any atom is -0.342 e. The second-order valence-electron chi connectivity index (χ2n) is 6.59. The molecule has 0 spiro atoms. The topological polar surface area (TPSA) is 46.3 Å². The van der Waals surface area contributed by atoms with Gasteiger partial charge >= 0.3 is 0 Å². The number of carbonyl (C=O) groups is 1. The molecule has 0 aromatic heterocycles. The largest absolute Gasteiger partial charge is 0.342 e. The maximum absolute atomic E-state index is 12.5. The second kappa shape index (κ2) is 7.78. The van der Waals surface area contributed by atoms with Crippen LogP contribution in [-0.4, -0.2) is 30.4 Å². The van der Waals surface area contributed by atoms with Gasteiger partial charge in [-0.3, -0.25) is 4.79 Å². The monoisotopic (exact) mass is 256 g/mol. The van der Waals surface area contributed by atoms with E-state index in [1.165, 1.54) is 0 Å². The zero-order chi connectivity index (χ0) is 14.3. The Labute approximate surface area is 113 Å². The molecule has 2 atom stereocenters. The van der Waals surface area contributed by atoms with Gasteiger partial charge in [0.2, 0.25) is 5.91 Å². The summed E-state index contributed by atoms with van der Waals surface area (Å²) in [5, 5.41) is 0. The van der Waals surface area contributed by atoms with Gasteiger partial charge in [0.25, 0.3) is 0 Å². The number of rotatable bonds is 7. The third-order valence-electron chi connectivity index (χ3n) is 3.41.